The van der Waals surface area contributed by atoms with E-state index >= 15 is 0 Å². The van der Waals surface area contributed by atoms with E-state index in [0.717, 1.165) is 25.8 Å². The third-order valence-electron chi connectivity index (χ3n) is 3.59. The minimum absolute atomic E-state index is 0.0581. The third kappa shape index (κ3) is 4.63. The molecule has 0 aliphatic carbocycles. The predicted octanol–water partition coefficient (Wildman–Crippen LogP) is 1.72. The Morgan fingerprint density at radius 1 is 1.38 bits per heavy atom. The summed E-state index contributed by atoms with van der Waals surface area (Å²) in [5.74, 6) is 1.45. The Morgan fingerprint density at radius 3 is 2.81 bits per heavy atom. The second kappa shape index (κ2) is 7.88. The molecule has 2 atom stereocenters. The molecule has 2 unspecified atom stereocenters. The number of carbonyl (C=O) groups is 1. The van der Waals surface area contributed by atoms with Crippen LogP contribution in [0.5, 0.6) is 11.5 Å². The smallest absolute Gasteiger partial charge is 0.237 e. The molecular formula is C16H24N2O3. The van der Waals surface area contributed by atoms with Gasteiger partial charge in [0.05, 0.1) is 19.7 Å². The van der Waals surface area contributed by atoms with Crippen LogP contribution in [0.1, 0.15) is 26.2 Å². The van der Waals surface area contributed by atoms with Crippen LogP contribution >= 0.6 is 0 Å². The lowest BCUT2D eigenvalue weighted by atomic mass is 10.0. The quantitative estimate of drug-likeness (QED) is 0.838. The van der Waals surface area contributed by atoms with Crippen molar-refractivity contribution in [2.45, 2.75) is 38.3 Å². The van der Waals surface area contributed by atoms with Gasteiger partial charge in [-0.05, 0) is 38.4 Å². The topological polar surface area (TPSA) is 59.6 Å². The molecule has 1 aromatic rings. The number of hydrogen-bond acceptors (Lipinski definition) is 4. The van der Waals surface area contributed by atoms with E-state index in [1.165, 1.54) is 0 Å². The zero-order valence-corrected chi connectivity index (χ0v) is 12.7. The van der Waals surface area contributed by atoms with Gasteiger partial charge < -0.3 is 20.1 Å². The molecule has 1 aromatic carbocycles. The minimum Gasteiger partial charge on any atom is -0.493 e. The maximum atomic E-state index is 12.0. The lowest BCUT2D eigenvalue weighted by Gasteiger charge is -2.23. The van der Waals surface area contributed by atoms with Crippen LogP contribution in [-0.2, 0) is 4.79 Å². The van der Waals surface area contributed by atoms with Crippen LogP contribution < -0.4 is 20.1 Å². The molecule has 116 valence electrons. The van der Waals surface area contributed by atoms with E-state index in [1.807, 2.05) is 31.2 Å². The molecule has 0 bridgehead atoms. The first-order valence-electron chi connectivity index (χ1n) is 7.51. The summed E-state index contributed by atoms with van der Waals surface area (Å²) in [7, 11) is 1.61. The van der Waals surface area contributed by atoms with Gasteiger partial charge >= 0.3 is 0 Å². The van der Waals surface area contributed by atoms with Crippen LogP contribution in [0, 0.1) is 0 Å². The standard InChI is InChI=1S/C16H24N2O3/c1-12(21-15-9-4-3-8-14(15)20-2)11-18-16(19)13-7-5-6-10-17-13/h3-4,8-9,12-13,17H,5-7,10-11H2,1-2H3,(H,18,19). The van der Waals surface area contributed by atoms with Gasteiger partial charge in [0.2, 0.25) is 5.91 Å². The highest BCUT2D eigenvalue weighted by molar-refractivity contribution is 5.81. The summed E-state index contributed by atoms with van der Waals surface area (Å²) in [4.78, 5) is 12.0. The van der Waals surface area contributed by atoms with Crippen molar-refractivity contribution in [1.29, 1.82) is 0 Å². The maximum Gasteiger partial charge on any atom is 0.237 e. The number of ether oxygens (including phenoxy) is 2. The number of hydrogen-bond donors (Lipinski definition) is 2. The van der Waals surface area contributed by atoms with Crippen LogP contribution in [0.15, 0.2) is 24.3 Å². The van der Waals surface area contributed by atoms with Crippen molar-refractivity contribution in [3.63, 3.8) is 0 Å². The van der Waals surface area contributed by atoms with Gasteiger partial charge in [0.1, 0.15) is 6.10 Å². The van der Waals surface area contributed by atoms with Crippen molar-refractivity contribution in [3.8, 4) is 11.5 Å². The van der Waals surface area contributed by atoms with Crippen LogP contribution in [0.3, 0.4) is 0 Å². The number of para-hydroxylation sites is 2. The zero-order valence-electron chi connectivity index (χ0n) is 12.7. The monoisotopic (exact) mass is 292 g/mol. The number of carbonyl (C=O) groups excluding carboxylic acids is 1. The molecule has 0 aromatic heterocycles. The average molecular weight is 292 g/mol. The lowest BCUT2D eigenvalue weighted by molar-refractivity contribution is -0.124. The molecular weight excluding hydrogens is 268 g/mol. The Balaban J connectivity index is 1.78. The molecule has 1 amide bonds. The lowest BCUT2D eigenvalue weighted by Crippen LogP contribution is -2.48. The summed E-state index contributed by atoms with van der Waals surface area (Å²) in [6, 6.07) is 7.45. The van der Waals surface area contributed by atoms with Gasteiger partial charge in [-0.15, -0.1) is 0 Å². The normalized spacial score (nSPS) is 19.6. The van der Waals surface area contributed by atoms with Gasteiger partial charge in [-0.2, -0.15) is 0 Å². The Kier molecular flexibility index (Phi) is 5.87. The SMILES string of the molecule is COc1ccccc1OC(C)CNC(=O)C1CCCCN1. The van der Waals surface area contributed by atoms with Gasteiger partial charge in [-0.1, -0.05) is 18.6 Å². The van der Waals surface area contributed by atoms with Crippen LogP contribution in [0.2, 0.25) is 0 Å². The third-order valence-corrected chi connectivity index (χ3v) is 3.59. The maximum absolute atomic E-state index is 12.0. The molecule has 5 heteroatoms. The van der Waals surface area contributed by atoms with Crippen LogP contribution in [0.25, 0.3) is 0 Å². The fraction of sp³-hybridized carbons (Fsp3) is 0.562. The fourth-order valence-corrected chi connectivity index (χ4v) is 2.42. The van der Waals surface area contributed by atoms with Gasteiger partial charge in [-0.25, -0.2) is 0 Å². The highest BCUT2D eigenvalue weighted by Crippen LogP contribution is 2.26. The van der Waals surface area contributed by atoms with Crippen molar-refractivity contribution >= 4 is 5.91 Å². The van der Waals surface area contributed by atoms with E-state index in [-0.39, 0.29) is 18.1 Å². The first kappa shape index (κ1) is 15.6. The number of nitrogens with one attached hydrogen (secondary N) is 2. The van der Waals surface area contributed by atoms with E-state index in [4.69, 9.17) is 9.47 Å². The fourth-order valence-electron chi connectivity index (χ4n) is 2.42. The summed E-state index contributed by atoms with van der Waals surface area (Å²) in [5, 5.41) is 6.18. The summed E-state index contributed by atoms with van der Waals surface area (Å²) in [6.45, 7) is 3.33. The first-order valence-corrected chi connectivity index (χ1v) is 7.51. The summed E-state index contributed by atoms with van der Waals surface area (Å²) >= 11 is 0. The second-order valence-corrected chi connectivity index (χ2v) is 5.33. The number of rotatable bonds is 6. The molecule has 0 spiro atoms. The van der Waals surface area contributed by atoms with Crippen molar-refractivity contribution in [3.05, 3.63) is 24.3 Å². The van der Waals surface area contributed by atoms with Crippen LogP contribution in [0.4, 0.5) is 0 Å². The Morgan fingerprint density at radius 2 is 2.14 bits per heavy atom. The molecule has 0 saturated carbocycles. The van der Waals surface area contributed by atoms with E-state index in [2.05, 4.69) is 10.6 Å². The molecule has 2 rings (SSSR count). The molecule has 1 saturated heterocycles. The van der Waals surface area contributed by atoms with Crippen molar-refractivity contribution in [2.75, 3.05) is 20.2 Å². The molecule has 1 aliphatic rings. The number of benzene rings is 1. The Hall–Kier alpha value is -1.75. The van der Waals surface area contributed by atoms with Crippen LogP contribution in [-0.4, -0.2) is 38.3 Å². The average Bonchev–Trinajstić information content (AvgIpc) is 2.54. The molecule has 1 fully saturated rings. The summed E-state index contributed by atoms with van der Waals surface area (Å²) in [6.07, 6.45) is 3.05. The Labute approximate surface area is 126 Å². The molecule has 5 nitrogen and oxygen atoms in total. The zero-order chi connectivity index (χ0) is 15.1. The minimum atomic E-state index is -0.117. The Bertz CT molecular complexity index is 459. The molecule has 1 heterocycles. The van der Waals surface area contributed by atoms with E-state index in [0.29, 0.717) is 18.0 Å². The molecule has 2 N–H and O–H groups in total. The number of piperidine rings is 1. The number of methoxy groups -OCH3 is 1. The number of amides is 1. The molecule has 1 aliphatic heterocycles. The second-order valence-electron chi connectivity index (χ2n) is 5.33. The summed E-state index contributed by atoms with van der Waals surface area (Å²) < 4.78 is 11.1. The van der Waals surface area contributed by atoms with Gasteiger partial charge in [0, 0.05) is 0 Å². The largest absolute Gasteiger partial charge is 0.493 e. The van der Waals surface area contributed by atoms with Gasteiger partial charge in [0.25, 0.3) is 0 Å². The van der Waals surface area contributed by atoms with Crippen molar-refractivity contribution in [2.24, 2.45) is 0 Å². The van der Waals surface area contributed by atoms with E-state index in [1.54, 1.807) is 7.11 Å². The molecule has 0 radical (unpaired) electrons. The van der Waals surface area contributed by atoms with Crippen molar-refractivity contribution < 1.29 is 14.3 Å². The summed E-state index contributed by atoms with van der Waals surface area (Å²) in [5.41, 5.74) is 0. The van der Waals surface area contributed by atoms with E-state index in [9.17, 15) is 4.79 Å². The van der Waals surface area contributed by atoms with Crippen molar-refractivity contribution in [1.82, 2.24) is 10.6 Å². The van der Waals surface area contributed by atoms with E-state index < -0.39 is 0 Å². The predicted molar refractivity (Wildman–Crippen MR) is 81.7 cm³/mol. The highest BCUT2D eigenvalue weighted by atomic mass is 16.5. The first-order chi connectivity index (χ1) is 10.2. The molecule has 21 heavy (non-hydrogen) atoms. The van der Waals surface area contributed by atoms with Gasteiger partial charge in [0.15, 0.2) is 11.5 Å². The van der Waals surface area contributed by atoms with Gasteiger partial charge in [-0.3, -0.25) is 4.79 Å². The highest BCUT2D eigenvalue weighted by Gasteiger charge is 2.20.